The maximum Gasteiger partial charge on any atom is 0.220 e. The molecule has 0 aromatic heterocycles. The van der Waals surface area contributed by atoms with Crippen LogP contribution in [0.15, 0.2) is 36.5 Å². The fraction of sp³-hybridized carbons (Fsp3) is 0.837. The Kier molecular flexibility index (Phi) is 31.6. The van der Waals surface area contributed by atoms with Crippen LogP contribution in [0, 0.1) is 0 Å². The van der Waals surface area contributed by atoms with Crippen LogP contribution < -0.4 is 5.32 Å². The van der Waals surface area contributed by atoms with Gasteiger partial charge in [-0.25, -0.2) is 0 Å². The lowest BCUT2D eigenvalue weighted by Gasteiger charge is -2.40. The molecule has 6 N–H and O–H groups in total. The molecule has 1 aliphatic rings. The summed E-state index contributed by atoms with van der Waals surface area (Å²) >= 11 is 0. The van der Waals surface area contributed by atoms with Gasteiger partial charge in [0.05, 0.1) is 25.4 Å². The first-order chi connectivity index (χ1) is 25.3. The van der Waals surface area contributed by atoms with Gasteiger partial charge in [0, 0.05) is 6.42 Å². The van der Waals surface area contributed by atoms with Gasteiger partial charge in [0.1, 0.15) is 24.4 Å². The SMILES string of the molecule is CCCCCCCCCC/C=C/CC/C=C/CC/C=C/C(O)C(COC1OC(CO)C(O)C(O)C1O)NC(=O)CCCCCCCCCCCCC. The summed E-state index contributed by atoms with van der Waals surface area (Å²) in [6, 6.07) is -0.822. The van der Waals surface area contributed by atoms with Crippen molar-refractivity contribution in [3.05, 3.63) is 36.5 Å². The fourth-order valence-electron chi connectivity index (χ4n) is 6.48. The van der Waals surface area contributed by atoms with E-state index in [0.29, 0.717) is 6.42 Å². The second-order valence-electron chi connectivity index (χ2n) is 14.8. The topological polar surface area (TPSA) is 149 Å². The number of carbonyl (C=O) groups is 1. The van der Waals surface area contributed by atoms with Crippen molar-refractivity contribution in [2.75, 3.05) is 13.2 Å². The highest BCUT2D eigenvalue weighted by Gasteiger charge is 2.44. The summed E-state index contributed by atoms with van der Waals surface area (Å²) in [5, 5.41) is 54.0. The van der Waals surface area contributed by atoms with Crippen molar-refractivity contribution < 1.29 is 39.8 Å². The Morgan fingerprint density at radius 1 is 0.635 bits per heavy atom. The third-order valence-electron chi connectivity index (χ3n) is 9.95. The van der Waals surface area contributed by atoms with Gasteiger partial charge in [-0.2, -0.15) is 0 Å². The van der Waals surface area contributed by atoms with Gasteiger partial charge in [-0.15, -0.1) is 0 Å². The van der Waals surface area contributed by atoms with E-state index in [2.05, 4.69) is 43.5 Å². The molecular weight excluding hydrogens is 658 g/mol. The lowest BCUT2D eigenvalue weighted by molar-refractivity contribution is -0.302. The molecule has 7 atom stereocenters. The van der Waals surface area contributed by atoms with Gasteiger partial charge < -0.3 is 40.3 Å². The van der Waals surface area contributed by atoms with Crippen LogP contribution in [-0.4, -0.2) is 87.5 Å². The third kappa shape index (κ3) is 24.7. The molecule has 0 radical (unpaired) electrons. The first-order valence-electron chi connectivity index (χ1n) is 21.2. The molecule has 1 aliphatic heterocycles. The minimum Gasteiger partial charge on any atom is -0.394 e. The zero-order chi connectivity index (χ0) is 38.1. The monoisotopic (exact) mass is 738 g/mol. The third-order valence-corrected chi connectivity index (χ3v) is 9.95. The summed E-state index contributed by atoms with van der Waals surface area (Å²) in [6.45, 7) is 3.72. The van der Waals surface area contributed by atoms with Gasteiger partial charge in [-0.1, -0.05) is 159 Å². The number of ether oxygens (including phenoxy) is 2. The minimum absolute atomic E-state index is 0.194. The first kappa shape index (κ1) is 48.4. The van der Waals surface area contributed by atoms with Crippen molar-refractivity contribution in [2.24, 2.45) is 0 Å². The second-order valence-corrected chi connectivity index (χ2v) is 14.8. The molecule has 1 amide bonds. The zero-order valence-corrected chi connectivity index (χ0v) is 33.1. The van der Waals surface area contributed by atoms with Gasteiger partial charge in [-0.05, 0) is 44.9 Å². The number of hydrogen-bond donors (Lipinski definition) is 6. The predicted molar refractivity (Wildman–Crippen MR) is 212 cm³/mol. The number of aliphatic hydroxyl groups excluding tert-OH is 5. The molecule has 304 valence electrons. The smallest absolute Gasteiger partial charge is 0.220 e. The molecule has 9 heteroatoms. The summed E-state index contributed by atoms with van der Waals surface area (Å²) in [4.78, 5) is 12.9. The van der Waals surface area contributed by atoms with Crippen molar-refractivity contribution in [1.82, 2.24) is 5.32 Å². The molecule has 52 heavy (non-hydrogen) atoms. The van der Waals surface area contributed by atoms with Gasteiger partial charge in [0.25, 0.3) is 0 Å². The average molecular weight is 738 g/mol. The van der Waals surface area contributed by atoms with E-state index in [0.717, 1.165) is 44.9 Å². The van der Waals surface area contributed by atoms with E-state index in [1.807, 2.05) is 6.08 Å². The number of unbranched alkanes of at least 4 members (excludes halogenated alkanes) is 20. The van der Waals surface area contributed by atoms with Gasteiger partial charge in [0.2, 0.25) is 5.91 Å². The first-order valence-corrected chi connectivity index (χ1v) is 21.2. The molecule has 1 rings (SSSR count). The molecule has 1 saturated heterocycles. The van der Waals surface area contributed by atoms with E-state index in [9.17, 15) is 30.3 Å². The number of nitrogens with one attached hydrogen (secondary N) is 1. The molecule has 1 fully saturated rings. The molecule has 0 aromatic rings. The molecule has 9 nitrogen and oxygen atoms in total. The number of hydrogen-bond acceptors (Lipinski definition) is 8. The van der Waals surface area contributed by atoms with Gasteiger partial charge >= 0.3 is 0 Å². The van der Waals surface area contributed by atoms with Crippen molar-refractivity contribution in [2.45, 2.75) is 217 Å². The molecule has 0 bridgehead atoms. The van der Waals surface area contributed by atoms with Crippen molar-refractivity contribution in [3.63, 3.8) is 0 Å². The van der Waals surface area contributed by atoms with Crippen LogP contribution in [-0.2, 0) is 14.3 Å². The lowest BCUT2D eigenvalue weighted by atomic mass is 9.99. The highest BCUT2D eigenvalue weighted by Crippen LogP contribution is 2.22. The molecule has 7 unspecified atom stereocenters. The van der Waals surface area contributed by atoms with Gasteiger partial charge in [0.15, 0.2) is 6.29 Å². The Bertz CT molecular complexity index is 910. The van der Waals surface area contributed by atoms with Crippen LogP contribution in [0.4, 0.5) is 0 Å². The summed E-state index contributed by atoms with van der Waals surface area (Å²) in [5.74, 6) is -0.194. The Hall–Kier alpha value is -1.59. The van der Waals surface area contributed by atoms with Crippen LogP contribution in [0.25, 0.3) is 0 Å². The number of carbonyl (C=O) groups excluding carboxylic acids is 1. The molecule has 0 aliphatic carbocycles. The summed E-state index contributed by atoms with van der Waals surface area (Å²) in [6.07, 6.45) is 33.3. The maximum atomic E-state index is 12.9. The van der Waals surface area contributed by atoms with E-state index >= 15 is 0 Å². The van der Waals surface area contributed by atoms with E-state index in [1.54, 1.807) is 6.08 Å². The Morgan fingerprint density at radius 3 is 1.62 bits per heavy atom. The Morgan fingerprint density at radius 2 is 1.10 bits per heavy atom. The van der Waals surface area contributed by atoms with Crippen molar-refractivity contribution in [3.8, 4) is 0 Å². The average Bonchev–Trinajstić information content (AvgIpc) is 3.14. The van der Waals surface area contributed by atoms with E-state index in [1.165, 1.54) is 109 Å². The summed E-state index contributed by atoms with van der Waals surface area (Å²) in [5.41, 5.74) is 0. The minimum atomic E-state index is -1.57. The number of aliphatic hydroxyl groups is 5. The maximum absolute atomic E-state index is 12.9. The summed E-state index contributed by atoms with van der Waals surface area (Å²) < 4.78 is 11.2. The Labute approximate surface area is 317 Å². The molecule has 0 saturated carbocycles. The number of amides is 1. The summed E-state index contributed by atoms with van der Waals surface area (Å²) in [7, 11) is 0. The fourth-order valence-corrected chi connectivity index (χ4v) is 6.48. The zero-order valence-electron chi connectivity index (χ0n) is 33.1. The van der Waals surface area contributed by atoms with E-state index in [4.69, 9.17) is 9.47 Å². The largest absolute Gasteiger partial charge is 0.394 e. The normalized spacial score (nSPS) is 22.2. The van der Waals surface area contributed by atoms with Gasteiger partial charge in [-0.3, -0.25) is 4.79 Å². The van der Waals surface area contributed by atoms with Crippen LogP contribution in [0.1, 0.15) is 174 Å². The van der Waals surface area contributed by atoms with Crippen molar-refractivity contribution in [1.29, 1.82) is 0 Å². The van der Waals surface area contributed by atoms with Crippen LogP contribution in [0.5, 0.6) is 0 Å². The molecule has 0 aromatic carbocycles. The van der Waals surface area contributed by atoms with Crippen LogP contribution in [0.3, 0.4) is 0 Å². The van der Waals surface area contributed by atoms with E-state index in [-0.39, 0.29) is 12.5 Å². The lowest BCUT2D eigenvalue weighted by Crippen LogP contribution is -2.60. The Balaban J connectivity index is 2.44. The highest BCUT2D eigenvalue weighted by atomic mass is 16.7. The highest BCUT2D eigenvalue weighted by molar-refractivity contribution is 5.76. The standard InChI is InChI=1S/C43H79NO8/c1-3-5-7-9-11-13-15-16-17-18-19-20-21-23-24-26-28-30-32-37(46)36(35-51-43-42(50)41(49)40(48)38(34-45)52-43)44-39(47)33-31-29-27-25-22-14-12-10-8-6-4-2/h18-19,23-24,30,32,36-38,40-43,45-46,48-50H,3-17,20-22,25-29,31,33-35H2,1-2H3,(H,44,47)/b19-18+,24-23+,32-30+. The quantitative estimate of drug-likeness (QED) is 0.0287. The van der Waals surface area contributed by atoms with Crippen LogP contribution in [0.2, 0.25) is 0 Å². The predicted octanol–water partition coefficient (Wildman–Crippen LogP) is 8.11. The van der Waals surface area contributed by atoms with Crippen LogP contribution >= 0.6 is 0 Å². The number of rotatable bonds is 34. The number of allylic oxidation sites excluding steroid dienone is 5. The molecule has 1 heterocycles. The van der Waals surface area contributed by atoms with E-state index < -0.39 is 49.5 Å². The van der Waals surface area contributed by atoms with Crippen molar-refractivity contribution >= 4 is 5.91 Å². The molecule has 0 spiro atoms. The molecular formula is C43H79NO8. The second kappa shape index (κ2) is 33.9.